The van der Waals surface area contributed by atoms with Crippen molar-refractivity contribution in [3.05, 3.63) is 24.0 Å². The predicted molar refractivity (Wildman–Crippen MR) is 64.7 cm³/mol. The Morgan fingerprint density at radius 3 is 2.95 bits per heavy atom. The molecule has 0 saturated carbocycles. The molecule has 1 aromatic carbocycles. The van der Waals surface area contributed by atoms with E-state index in [0.29, 0.717) is 0 Å². The first-order valence-corrected chi connectivity index (χ1v) is 5.66. The van der Waals surface area contributed by atoms with Crippen LogP contribution in [0.4, 0.5) is 10.1 Å². The highest BCUT2D eigenvalue weighted by atomic mass is 19.1. The first kappa shape index (κ1) is 13.1. The molecule has 0 bridgehead atoms. The minimum Gasteiger partial charge on any atom is -0.480 e. The van der Waals surface area contributed by atoms with Crippen LogP contribution in [0.1, 0.15) is 0 Å². The summed E-state index contributed by atoms with van der Waals surface area (Å²) in [6.07, 6.45) is -0.862. The maximum atomic E-state index is 13.8. The molecule has 2 rings (SSSR count). The predicted octanol–water partition coefficient (Wildman–Crippen LogP) is 0.224. The third-order valence-corrected chi connectivity index (χ3v) is 2.79. The van der Waals surface area contributed by atoms with Gasteiger partial charge in [0.25, 0.3) is 5.91 Å². The zero-order chi connectivity index (χ0) is 14.0. The number of rotatable bonds is 3. The number of halogens is 1. The summed E-state index contributed by atoms with van der Waals surface area (Å²) in [6.45, 7) is -0.412. The molecular formula is C12H13FN2O4. The van der Waals surface area contributed by atoms with Crippen LogP contribution >= 0.6 is 0 Å². The molecule has 1 heterocycles. The number of ether oxygens (including phenoxy) is 1. The van der Waals surface area contributed by atoms with Crippen molar-refractivity contribution in [1.82, 2.24) is 5.32 Å². The lowest BCUT2D eigenvalue weighted by molar-refractivity contribution is -0.136. The Bertz CT molecular complexity index is 520. The smallest absolute Gasteiger partial charge is 0.323 e. The van der Waals surface area contributed by atoms with E-state index in [-0.39, 0.29) is 23.9 Å². The second kappa shape index (κ2) is 5.13. The number of para-hydroxylation sites is 1. The number of carboxylic acid groups (broad SMARTS) is 1. The van der Waals surface area contributed by atoms with Crippen molar-refractivity contribution < 1.29 is 23.8 Å². The van der Waals surface area contributed by atoms with E-state index in [4.69, 9.17) is 9.84 Å². The number of nitrogens with zero attached hydrogens (tertiary/aromatic N) is 1. The van der Waals surface area contributed by atoms with Gasteiger partial charge in [0, 0.05) is 7.05 Å². The number of benzene rings is 1. The van der Waals surface area contributed by atoms with E-state index in [1.807, 2.05) is 0 Å². The van der Waals surface area contributed by atoms with Crippen molar-refractivity contribution in [2.75, 3.05) is 25.0 Å². The molecule has 0 fully saturated rings. The summed E-state index contributed by atoms with van der Waals surface area (Å²) in [5.74, 6) is -1.90. The second-order valence-corrected chi connectivity index (χ2v) is 4.08. The minimum absolute atomic E-state index is 0.0140. The molecule has 1 unspecified atom stereocenters. The van der Waals surface area contributed by atoms with Crippen molar-refractivity contribution in [3.63, 3.8) is 0 Å². The first-order chi connectivity index (χ1) is 9.02. The number of amides is 1. The van der Waals surface area contributed by atoms with Gasteiger partial charge >= 0.3 is 5.97 Å². The lowest BCUT2D eigenvalue weighted by Gasteiger charge is -2.34. The number of likely N-dealkylation sites (N-methyl/N-ethyl adjacent to an activating group) is 1. The molecule has 0 spiro atoms. The van der Waals surface area contributed by atoms with Gasteiger partial charge in [0.2, 0.25) is 0 Å². The quantitative estimate of drug-likeness (QED) is 0.820. The number of carbonyl (C=O) groups is 2. The molecule has 0 radical (unpaired) electrons. The zero-order valence-electron chi connectivity index (χ0n) is 10.2. The summed E-state index contributed by atoms with van der Waals surface area (Å²) in [5, 5.41) is 11.3. The molecule has 0 saturated heterocycles. The monoisotopic (exact) mass is 268 g/mol. The molecule has 1 aliphatic heterocycles. The molecule has 6 nitrogen and oxygen atoms in total. The number of hydrogen-bond donors (Lipinski definition) is 2. The van der Waals surface area contributed by atoms with Gasteiger partial charge in [-0.1, -0.05) is 6.07 Å². The topological polar surface area (TPSA) is 78.9 Å². The number of fused-ring (bicyclic) bond motifs is 1. The van der Waals surface area contributed by atoms with Crippen LogP contribution in [-0.2, 0) is 9.59 Å². The SMILES string of the molecule is CNC(=O)C1CN(CC(=O)O)c2c(F)cccc2O1. The van der Waals surface area contributed by atoms with Gasteiger partial charge in [-0.25, -0.2) is 4.39 Å². The molecule has 7 heteroatoms. The van der Waals surface area contributed by atoms with Crippen LogP contribution in [0.25, 0.3) is 0 Å². The first-order valence-electron chi connectivity index (χ1n) is 5.66. The van der Waals surface area contributed by atoms with Gasteiger partial charge in [-0.05, 0) is 12.1 Å². The van der Waals surface area contributed by atoms with Crippen LogP contribution in [0.3, 0.4) is 0 Å². The Kier molecular flexibility index (Phi) is 3.55. The fraction of sp³-hybridized carbons (Fsp3) is 0.333. The van der Waals surface area contributed by atoms with Crippen molar-refractivity contribution in [1.29, 1.82) is 0 Å². The van der Waals surface area contributed by atoms with Gasteiger partial charge in [-0.15, -0.1) is 0 Å². The van der Waals surface area contributed by atoms with E-state index in [9.17, 15) is 14.0 Å². The average molecular weight is 268 g/mol. The molecule has 2 N–H and O–H groups in total. The van der Waals surface area contributed by atoms with Crippen LogP contribution in [0.5, 0.6) is 5.75 Å². The number of anilines is 1. The largest absolute Gasteiger partial charge is 0.480 e. The van der Waals surface area contributed by atoms with Crippen molar-refractivity contribution in [3.8, 4) is 5.75 Å². The molecular weight excluding hydrogens is 255 g/mol. The number of hydrogen-bond acceptors (Lipinski definition) is 4. The highest BCUT2D eigenvalue weighted by Gasteiger charge is 2.32. The molecule has 0 aliphatic carbocycles. The van der Waals surface area contributed by atoms with E-state index in [2.05, 4.69) is 5.32 Å². The van der Waals surface area contributed by atoms with Gasteiger partial charge in [-0.2, -0.15) is 0 Å². The normalized spacial score (nSPS) is 17.4. The lowest BCUT2D eigenvalue weighted by Crippen LogP contribution is -2.49. The van der Waals surface area contributed by atoms with E-state index in [1.54, 1.807) is 0 Å². The Labute approximate surface area is 108 Å². The lowest BCUT2D eigenvalue weighted by atomic mass is 10.1. The highest BCUT2D eigenvalue weighted by Crippen LogP contribution is 2.35. The Balaban J connectivity index is 2.37. The van der Waals surface area contributed by atoms with E-state index in [0.717, 1.165) is 0 Å². The fourth-order valence-electron chi connectivity index (χ4n) is 1.98. The number of nitrogens with one attached hydrogen (secondary N) is 1. The maximum Gasteiger partial charge on any atom is 0.323 e. The molecule has 1 aliphatic rings. The molecule has 1 amide bonds. The molecule has 1 aromatic rings. The van der Waals surface area contributed by atoms with Crippen LogP contribution in [0.2, 0.25) is 0 Å². The van der Waals surface area contributed by atoms with Gasteiger partial charge < -0.3 is 20.1 Å². The summed E-state index contributed by atoms with van der Waals surface area (Å²) in [6, 6.07) is 4.17. The van der Waals surface area contributed by atoms with E-state index in [1.165, 1.54) is 30.1 Å². The van der Waals surface area contributed by atoms with E-state index >= 15 is 0 Å². The van der Waals surface area contributed by atoms with Crippen molar-refractivity contribution in [2.45, 2.75) is 6.10 Å². The zero-order valence-corrected chi connectivity index (χ0v) is 10.2. The van der Waals surface area contributed by atoms with E-state index < -0.39 is 24.4 Å². The second-order valence-electron chi connectivity index (χ2n) is 4.08. The third kappa shape index (κ3) is 2.59. The maximum absolute atomic E-state index is 13.8. The van der Waals surface area contributed by atoms with Gasteiger partial charge in [0.15, 0.2) is 6.10 Å². The average Bonchev–Trinajstić information content (AvgIpc) is 2.36. The number of aliphatic carboxylic acids is 1. The van der Waals surface area contributed by atoms with Gasteiger partial charge in [0.05, 0.1) is 6.54 Å². The molecule has 1 atom stereocenters. The fourth-order valence-corrected chi connectivity index (χ4v) is 1.98. The van der Waals surface area contributed by atoms with Gasteiger partial charge in [0.1, 0.15) is 23.8 Å². The molecule has 102 valence electrons. The number of carboxylic acids is 1. The van der Waals surface area contributed by atoms with Gasteiger partial charge in [-0.3, -0.25) is 9.59 Å². The van der Waals surface area contributed by atoms with Crippen LogP contribution in [-0.4, -0.2) is 43.2 Å². The summed E-state index contributed by atoms with van der Waals surface area (Å²) >= 11 is 0. The Morgan fingerprint density at radius 2 is 2.32 bits per heavy atom. The molecule has 19 heavy (non-hydrogen) atoms. The van der Waals surface area contributed by atoms with Crippen LogP contribution in [0.15, 0.2) is 18.2 Å². The van der Waals surface area contributed by atoms with Crippen LogP contribution < -0.4 is 15.0 Å². The Hall–Kier alpha value is -2.31. The van der Waals surface area contributed by atoms with Crippen LogP contribution in [0, 0.1) is 5.82 Å². The summed E-state index contributed by atoms with van der Waals surface area (Å²) in [7, 11) is 1.45. The summed E-state index contributed by atoms with van der Waals surface area (Å²) in [4.78, 5) is 23.7. The standard InChI is InChI=1S/C12H13FN2O4/c1-14-12(18)9-5-15(6-10(16)17)11-7(13)3-2-4-8(11)19-9/h2-4,9H,5-6H2,1H3,(H,14,18)(H,16,17). The summed E-state index contributed by atoms with van der Waals surface area (Å²) < 4.78 is 19.2. The summed E-state index contributed by atoms with van der Waals surface area (Å²) in [5.41, 5.74) is 0.0741. The van der Waals surface area contributed by atoms with Crippen molar-refractivity contribution in [2.24, 2.45) is 0 Å². The number of carbonyl (C=O) groups excluding carboxylic acids is 1. The van der Waals surface area contributed by atoms with Crippen molar-refractivity contribution >= 4 is 17.6 Å². The highest BCUT2D eigenvalue weighted by molar-refractivity contribution is 5.84. The Morgan fingerprint density at radius 1 is 1.58 bits per heavy atom. The molecule has 0 aromatic heterocycles. The minimum atomic E-state index is -1.10. The third-order valence-electron chi connectivity index (χ3n) is 2.79.